The molecule has 0 saturated carbocycles. The smallest absolute Gasteiger partial charge is 0.0806 e. The van der Waals surface area contributed by atoms with Crippen LogP contribution in [-0.2, 0) is 4.74 Å². The van der Waals surface area contributed by atoms with Gasteiger partial charge in [-0.25, -0.2) is 0 Å². The highest BCUT2D eigenvalue weighted by Crippen LogP contribution is 2.38. The van der Waals surface area contributed by atoms with Crippen molar-refractivity contribution in [1.82, 2.24) is 0 Å². The molecule has 118 valence electrons. The molecule has 0 aliphatic carbocycles. The first kappa shape index (κ1) is 17.0. The number of aryl methyl sites for hydroxylation is 1. The van der Waals surface area contributed by atoms with E-state index in [0.717, 1.165) is 22.4 Å². The number of thiol groups is 1. The molecule has 0 bridgehead atoms. The summed E-state index contributed by atoms with van der Waals surface area (Å²) in [5.41, 5.74) is 5.10. The lowest BCUT2D eigenvalue weighted by Crippen LogP contribution is -2.30. The van der Waals surface area contributed by atoms with E-state index in [4.69, 9.17) is 9.73 Å². The Hall–Kier alpha value is -1.36. The maximum Gasteiger partial charge on any atom is 0.0806 e. The van der Waals surface area contributed by atoms with Crippen molar-refractivity contribution >= 4 is 18.3 Å². The number of benzene rings is 1. The van der Waals surface area contributed by atoms with Crippen LogP contribution >= 0.6 is 12.6 Å². The summed E-state index contributed by atoms with van der Waals surface area (Å²) in [4.78, 5) is 5.48. The quantitative estimate of drug-likeness (QED) is 0.624. The topological polar surface area (TPSA) is 41.8 Å². The van der Waals surface area contributed by atoms with Crippen molar-refractivity contribution in [2.75, 3.05) is 20.3 Å². The molecule has 2 atom stereocenters. The second kappa shape index (κ2) is 7.27. The van der Waals surface area contributed by atoms with Gasteiger partial charge in [-0.1, -0.05) is 30.9 Å². The van der Waals surface area contributed by atoms with Crippen LogP contribution in [0.2, 0.25) is 0 Å². The summed E-state index contributed by atoms with van der Waals surface area (Å²) < 4.78 is 5.21. The van der Waals surface area contributed by atoms with Gasteiger partial charge in [0.05, 0.1) is 18.4 Å². The van der Waals surface area contributed by atoms with Crippen LogP contribution in [0.15, 0.2) is 46.8 Å². The van der Waals surface area contributed by atoms with Crippen LogP contribution in [0, 0.1) is 6.92 Å². The summed E-state index contributed by atoms with van der Waals surface area (Å²) in [6, 6.07) is 6.18. The molecule has 0 fully saturated rings. The van der Waals surface area contributed by atoms with E-state index in [1.54, 1.807) is 7.11 Å². The molecule has 3 nitrogen and oxygen atoms in total. The lowest BCUT2D eigenvalue weighted by atomic mass is 9.79. The Kier molecular flexibility index (Phi) is 5.62. The third kappa shape index (κ3) is 3.35. The van der Waals surface area contributed by atoms with Gasteiger partial charge in [0.2, 0.25) is 0 Å². The number of nitrogens with zero attached hydrogens (tertiary/aromatic N) is 1. The molecule has 0 aromatic heterocycles. The molecule has 1 N–H and O–H groups in total. The number of hydrogen-bond donors (Lipinski definition) is 2. The minimum Gasteiger partial charge on any atom is -0.396 e. The minimum absolute atomic E-state index is 0.0969. The van der Waals surface area contributed by atoms with Gasteiger partial charge in [0, 0.05) is 30.1 Å². The van der Waals surface area contributed by atoms with E-state index in [1.807, 2.05) is 0 Å². The third-order valence-corrected chi connectivity index (χ3v) is 4.19. The highest BCUT2D eigenvalue weighted by molar-refractivity contribution is 7.85. The van der Waals surface area contributed by atoms with E-state index in [2.05, 4.69) is 50.9 Å². The summed E-state index contributed by atoms with van der Waals surface area (Å²) in [5.74, 6) is 0.0969. The van der Waals surface area contributed by atoms with E-state index in [0.29, 0.717) is 17.9 Å². The number of aliphatic hydroxyl groups is 1. The number of ether oxygens (including phenoxy) is 1. The van der Waals surface area contributed by atoms with Gasteiger partial charge in [-0.3, -0.25) is 4.99 Å². The first-order valence-corrected chi connectivity index (χ1v) is 7.78. The largest absolute Gasteiger partial charge is 0.396 e. The zero-order valence-corrected chi connectivity index (χ0v) is 14.1. The van der Waals surface area contributed by atoms with Crippen LogP contribution in [0.4, 0.5) is 0 Å². The fourth-order valence-electron chi connectivity index (χ4n) is 3.00. The number of aliphatic imine (C=N–C) groups is 1. The molecule has 1 aliphatic heterocycles. The fraction of sp³-hybridized carbons (Fsp3) is 0.389. The lowest BCUT2D eigenvalue weighted by molar-refractivity contribution is 0.215. The van der Waals surface area contributed by atoms with Crippen LogP contribution in [0.25, 0.3) is 0 Å². The molecule has 0 radical (unpaired) electrons. The maximum atomic E-state index is 9.46. The Bertz CT molecular complexity index is 622. The van der Waals surface area contributed by atoms with Crippen molar-refractivity contribution in [3.8, 4) is 0 Å². The van der Waals surface area contributed by atoms with E-state index in [1.165, 1.54) is 5.56 Å². The molecule has 0 amide bonds. The van der Waals surface area contributed by atoms with Gasteiger partial charge in [-0.2, -0.15) is 0 Å². The molecule has 0 saturated heterocycles. The zero-order valence-electron chi connectivity index (χ0n) is 13.2. The van der Waals surface area contributed by atoms with Crippen molar-refractivity contribution in [2.45, 2.75) is 25.3 Å². The molecule has 22 heavy (non-hydrogen) atoms. The average Bonchev–Trinajstić information content (AvgIpc) is 2.47. The standard InChI is InChI=1S/C18H23NO2S/c1-11-5-6-14-15(7-8-20)17(12(2)10-21-4)19-18(13(3)22)16(14)9-11/h5-6,9,15,17,20,22H,2-3,7-8,10H2,1,4H3. The first-order chi connectivity index (χ1) is 10.5. The van der Waals surface area contributed by atoms with Crippen LogP contribution in [0.1, 0.15) is 29.0 Å². The van der Waals surface area contributed by atoms with E-state index < -0.39 is 0 Å². The molecule has 1 heterocycles. The second-order valence-electron chi connectivity index (χ2n) is 5.67. The molecule has 1 aromatic carbocycles. The molecular formula is C18H23NO2S. The van der Waals surface area contributed by atoms with E-state index >= 15 is 0 Å². The molecular weight excluding hydrogens is 294 g/mol. The number of aliphatic hydroxyl groups excluding tert-OH is 1. The van der Waals surface area contributed by atoms with Gasteiger partial charge in [-0.05, 0) is 30.5 Å². The summed E-state index contributed by atoms with van der Waals surface area (Å²) >= 11 is 4.41. The van der Waals surface area contributed by atoms with Crippen molar-refractivity contribution < 1.29 is 9.84 Å². The van der Waals surface area contributed by atoms with Gasteiger partial charge in [0.15, 0.2) is 0 Å². The maximum absolute atomic E-state index is 9.46. The Morgan fingerprint density at radius 2 is 2.14 bits per heavy atom. The third-order valence-electron chi connectivity index (χ3n) is 3.97. The van der Waals surface area contributed by atoms with Crippen LogP contribution in [-0.4, -0.2) is 37.2 Å². The van der Waals surface area contributed by atoms with Gasteiger partial charge in [-0.15, -0.1) is 12.6 Å². The number of allylic oxidation sites excluding steroid dienone is 1. The van der Waals surface area contributed by atoms with Crippen molar-refractivity contribution in [3.05, 3.63) is 58.5 Å². The predicted molar refractivity (Wildman–Crippen MR) is 95.1 cm³/mol. The number of rotatable bonds is 6. The predicted octanol–water partition coefficient (Wildman–Crippen LogP) is 3.28. The summed E-state index contributed by atoms with van der Waals surface area (Å²) in [6.07, 6.45) is 0.638. The SMILES string of the molecule is C=C(S)C1=NC(C(=C)COC)C(CCO)c2ccc(C)cc21. The van der Waals surface area contributed by atoms with Crippen molar-refractivity contribution in [1.29, 1.82) is 0 Å². The van der Waals surface area contributed by atoms with Crippen LogP contribution in [0.3, 0.4) is 0 Å². The first-order valence-electron chi connectivity index (χ1n) is 7.34. The highest BCUT2D eigenvalue weighted by Gasteiger charge is 2.32. The Balaban J connectivity index is 2.57. The van der Waals surface area contributed by atoms with E-state index in [-0.39, 0.29) is 18.6 Å². The molecule has 1 aromatic rings. The van der Waals surface area contributed by atoms with Crippen molar-refractivity contribution in [2.24, 2.45) is 4.99 Å². The Morgan fingerprint density at radius 3 is 2.73 bits per heavy atom. The van der Waals surface area contributed by atoms with Crippen LogP contribution < -0.4 is 0 Å². The Morgan fingerprint density at radius 1 is 1.41 bits per heavy atom. The molecule has 1 aliphatic rings. The average molecular weight is 317 g/mol. The molecule has 0 spiro atoms. The highest BCUT2D eigenvalue weighted by atomic mass is 32.1. The molecule has 4 heteroatoms. The van der Waals surface area contributed by atoms with Gasteiger partial charge in [0.1, 0.15) is 0 Å². The molecule has 2 rings (SSSR count). The monoisotopic (exact) mass is 317 g/mol. The number of methoxy groups -OCH3 is 1. The molecule has 2 unspecified atom stereocenters. The second-order valence-corrected chi connectivity index (χ2v) is 6.21. The summed E-state index contributed by atoms with van der Waals surface area (Å²) in [7, 11) is 1.65. The zero-order chi connectivity index (χ0) is 16.3. The van der Waals surface area contributed by atoms with Crippen LogP contribution in [0.5, 0.6) is 0 Å². The van der Waals surface area contributed by atoms with E-state index in [9.17, 15) is 5.11 Å². The number of fused-ring (bicyclic) bond motifs is 1. The van der Waals surface area contributed by atoms with Gasteiger partial charge >= 0.3 is 0 Å². The van der Waals surface area contributed by atoms with Gasteiger partial charge < -0.3 is 9.84 Å². The minimum atomic E-state index is -0.124. The summed E-state index contributed by atoms with van der Waals surface area (Å²) in [5, 5.41) is 9.46. The van der Waals surface area contributed by atoms with Gasteiger partial charge in [0.25, 0.3) is 0 Å². The fourth-order valence-corrected chi connectivity index (χ4v) is 3.17. The lowest BCUT2D eigenvalue weighted by Gasteiger charge is -2.33. The van der Waals surface area contributed by atoms with Crippen molar-refractivity contribution in [3.63, 3.8) is 0 Å². The normalized spacial score (nSPS) is 20.3. The Labute approximate surface area is 137 Å². The number of hydrogen-bond acceptors (Lipinski definition) is 4. The summed E-state index contributed by atoms with van der Waals surface area (Å²) in [6.45, 7) is 10.7.